The normalized spacial score (nSPS) is 32.5. The highest BCUT2D eigenvalue weighted by atomic mass is 16.8. The number of fused-ring (bicyclic) bond motifs is 2. The van der Waals surface area contributed by atoms with Crippen LogP contribution >= 0.6 is 0 Å². The van der Waals surface area contributed by atoms with Gasteiger partial charge in [0.05, 0.1) is 12.9 Å². The lowest BCUT2D eigenvalue weighted by atomic mass is 10.1. The minimum atomic E-state index is -0.731. The number of nitrogens with two attached hydrogens (primary N) is 1. The molecular weight excluding hydrogens is 302 g/mol. The summed E-state index contributed by atoms with van der Waals surface area (Å²) in [6.07, 6.45) is -0.0819. The van der Waals surface area contributed by atoms with Crippen molar-refractivity contribution in [3.8, 4) is 0 Å². The average molecular weight is 321 g/mol. The van der Waals surface area contributed by atoms with E-state index in [4.69, 9.17) is 19.9 Å². The van der Waals surface area contributed by atoms with Gasteiger partial charge in [-0.15, -0.1) is 0 Å². The zero-order chi connectivity index (χ0) is 16.4. The average Bonchev–Trinajstić information content (AvgIpc) is 3.09. The molecule has 4 atom stereocenters. The lowest BCUT2D eigenvalue weighted by molar-refractivity contribution is -0.199. The minimum Gasteiger partial charge on any atom is -0.394 e. The van der Waals surface area contributed by atoms with Crippen LogP contribution in [0.25, 0.3) is 11.2 Å². The molecule has 0 spiro atoms. The van der Waals surface area contributed by atoms with Crippen molar-refractivity contribution in [2.24, 2.45) is 0 Å². The third kappa shape index (κ3) is 2.19. The maximum Gasteiger partial charge on any atom is 0.167 e. The van der Waals surface area contributed by atoms with Gasteiger partial charge in [0.1, 0.15) is 29.7 Å². The quantitative estimate of drug-likeness (QED) is 0.801. The molecule has 23 heavy (non-hydrogen) atoms. The predicted molar refractivity (Wildman–Crippen MR) is 79.3 cm³/mol. The SMILES string of the molecule is Cc1nc(N)c2ncn(C3O[C@H](CO)[C@H]4OC(C)(C)O[C@@H]34)c2n1. The molecule has 0 aromatic carbocycles. The molecule has 0 amide bonds. The molecule has 9 nitrogen and oxygen atoms in total. The Kier molecular flexibility index (Phi) is 3.11. The van der Waals surface area contributed by atoms with Gasteiger partial charge in [0.25, 0.3) is 0 Å². The number of aromatic nitrogens is 4. The highest BCUT2D eigenvalue weighted by molar-refractivity contribution is 5.81. The Morgan fingerprint density at radius 2 is 2.04 bits per heavy atom. The number of rotatable bonds is 2. The van der Waals surface area contributed by atoms with Gasteiger partial charge in [-0.3, -0.25) is 4.57 Å². The number of aryl methyl sites for hydroxylation is 1. The van der Waals surface area contributed by atoms with Gasteiger partial charge in [-0.1, -0.05) is 0 Å². The van der Waals surface area contributed by atoms with Crippen LogP contribution in [0, 0.1) is 6.92 Å². The van der Waals surface area contributed by atoms with Crippen LogP contribution in [0.2, 0.25) is 0 Å². The Morgan fingerprint density at radius 1 is 1.30 bits per heavy atom. The molecular formula is C14H19N5O4. The van der Waals surface area contributed by atoms with E-state index in [-0.39, 0.29) is 18.8 Å². The first-order chi connectivity index (χ1) is 10.9. The molecule has 4 heterocycles. The standard InChI is InChI=1S/C14H19N5O4/c1-6-17-11(15)8-12(18-6)19(5-16-8)13-10-9(7(4-20)21-13)22-14(2,3)23-10/h5,7,9-10,13,20H,4H2,1-3H3,(H2,15,17,18)/t7-,9-,10-,13?/m1/s1. The van der Waals surface area contributed by atoms with E-state index in [2.05, 4.69) is 15.0 Å². The third-order valence-corrected chi connectivity index (χ3v) is 4.14. The number of hydrogen-bond acceptors (Lipinski definition) is 8. The van der Waals surface area contributed by atoms with E-state index in [1.165, 1.54) is 0 Å². The number of anilines is 1. The van der Waals surface area contributed by atoms with Crippen LogP contribution in [0.5, 0.6) is 0 Å². The summed E-state index contributed by atoms with van der Waals surface area (Å²) in [5.74, 6) is 0.141. The van der Waals surface area contributed by atoms with Crippen molar-refractivity contribution < 1.29 is 19.3 Å². The van der Waals surface area contributed by atoms with Gasteiger partial charge in [-0.05, 0) is 20.8 Å². The lowest BCUT2D eigenvalue weighted by Crippen LogP contribution is -2.31. The van der Waals surface area contributed by atoms with Crippen molar-refractivity contribution in [1.29, 1.82) is 0 Å². The molecule has 0 saturated carbocycles. The fraction of sp³-hybridized carbons (Fsp3) is 0.643. The number of aliphatic hydroxyl groups is 1. The first-order valence-corrected chi connectivity index (χ1v) is 7.48. The van der Waals surface area contributed by atoms with Crippen LogP contribution in [0.3, 0.4) is 0 Å². The van der Waals surface area contributed by atoms with Crippen LogP contribution < -0.4 is 5.73 Å². The molecule has 2 saturated heterocycles. The smallest absolute Gasteiger partial charge is 0.167 e. The van der Waals surface area contributed by atoms with E-state index in [0.717, 1.165) is 0 Å². The van der Waals surface area contributed by atoms with Crippen LogP contribution in [-0.4, -0.2) is 55.3 Å². The van der Waals surface area contributed by atoms with Crippen molar-refractivity contribution in [2.45, 2.75) is 51.1 Å². The summed E-state index contributed by atoms with van der Waals surface area (Å²) in [6, 6.07) is 0. The number of hydrogen-bond donors (Lipinski definition) is 2. The number of ether oxygens (including phenoxy) is 3. The maximum absolute atomic E-state index is 9.57. The molecule has 2 aliphatic rings. The zero-order valence-electron chi connectivity index (χ0n) is 13.1. The first-order valence-electron chi connectivity index (χ1n) is 7.48. The van der Waals surface area contributed by atoms with Crippen LogP contribution in [-0.2, 0) is 14.2 Å². The van der Waals surface area contributed by atoms with E-state index in [1.807, 2.05) is 13.8 Å². The molecule has 2 aromatic rings. The number of imidazole rings is 1. The molecule has 124 valence electrons. The molecule has 1 unspecified atom stereocenters. The van der Waals surface area contributed by atoms with Gasteiger partial charge in [0.15, 0.2) is 23.5 Å². The number of aliphatic hydroxyl groups excluding tert-OH is 1. The zero-order valence-corrected chi connectivity index (χ0v) is 13.1. The highest BCUT2D eigenvalue weighted by Crippen LogP contribution is 2.43. The third-order valence-electron chi connectivity index (χ3n) is 4.14. The number of nitrogen functional groups attached to an aromatic ring is 1. The Labute approximate surface area is 132 Å². The van der Waals surface area contributed by atoms with Crippen molar-refractivity contribution >= 4 is 17.0 Å². The summed E-state index contributed by atoms with van der Waals surface area (Å²) in [5, 5.41) is 9.57. The van der Waals surface area contributed by atoms with Gasteiger partial charge in [0.2, 0.25) is 0 Å². The van der Waals surface area contributed by atoms with Crippen molar-refractivity contribution in [3.63, 3.8) is 0 Å². The Hall–Kier alpha value is -1.81. The van der Waals surface area contributed by atoms with Crippen LogP contribution in [0.15, 0.2) is 6.33 Å². The van der Waals surface area contributed by atoms with Crippen molar-refractivity contribution in [2.75, 3.05) is 12.3 Å². The minimum absolute atomic E-state index is 0.153. The summed E-state index contributed by atoms with van der Waals surface area (Å²) >= 11 is 0. The van der Waals surface area contributed by atoms with E-state index >= 15 is 0 Å². The molecule has 9 heteroatoms. The molecule has 2 aliphatic heterocycles. The Morgan fingerprint density at radius 3 is 2.78 bits per heavy atom. The molecule has 4 rings (SSSR count). The monoisotopic (exact) mass is 321 g/mol. The summed E-state index contributed by atoms with van der Waals surface area (Å²) in [6.45, 7) is 5.29. The van der Waals surface area contributed by atoms with E-state index < -0.39 is 18.1 Å². The molecule has 3 N–H and O–H groups in total. The van der Waals surface area contributed by atoms with Crippen LogP contribution in [0.1, 0.15) is 25.9 Å². The van der Waals surface area contributed by atoms with E-state index in [0.29, 0.717) is 22.8 Å². The van der Waals surface area contributed by atoms with Crippen molar-refractivity contribution in [3.05, 3.63) is 12.2 Å². The molecule has 2 aromatic heterocycles. The molecule has 0 radical (unpaired) electrons. The van der Waals surface area contributed by atoms with Gasteiger partial charge >= 0.3 is 0 Å². The Balaban J connectivity index is 1.79. The van der Waals surface area contributed by atoms with Crippen LogP contribution in [0.4, 0.5) is 5.82 Å². The predicted octanol–water partition coefficient (Wildman–Crippen LogP) is 0.127. The second-order valence-corrected chi connectivity index (χ2v) is 6.29. The van der Waals surface area contributed by atoms with Gasteiger partial charge in [-0.2, -0.15) is 0 Å². The Bertz CT molecular complexity index is 761. The van der Waals surface area contributed by atoms with Crippen molar-refractivity contribution in [1.82, 2.24) is 19.5 Å². The second-order valence-electron chi connectivity index (χ2n) is 6.29. The second kappa shape index (κ2) is 4.84. The largest absolute Gasteiger partial charge is 0.394 e. The lowest BCUT2D eigenvalue weighted by Gasteiger charge is -2.24. The fourth-order valence-corrected chi connectivity index (χ4v) is 3.27. The fourth-order valence-electron chi connectivity index (χ4n) is 3.27. The topological polar surface area (TPSA) is 118 Å². The maximum atomic E-state index is 9.57. The number of nitrogens with zero attached hydrogens (tertiary/aromatic N) is 4. The van der Waals surface area contributed by atoms with E-state index in [9.17, 15) is 5.11 Å². The molecule has 0 aliphatic carbocycles. The van der Waals surface area contributed by atoms with Gasteiger partial charge in [-0.25, -0.2) is 15.0 Å². The molecule has 0 bridgehead atoms. The summed E-state index contributed by atoms with van der Waals surface area (Å²) in [7, 11) is 0. The summed E-state index contributed by atoms with van der Waals surface area (Å²) < 4.78 is 19.5. The van der Waals surface area contributed by atoms with E-state index in [1.54, 1.807) is 17.8 Å². The van der Waals surface area contributed by atoms with Gasteiger partial charge < -0.3 is 25.1 Å². The highest BCUT2D eigenvalue weighted by Gasteiger charge is 2.55. The molecule has 2 fully saturated rings. The summed E-state index contributed by atoms with van der Waals surface area (Å²) in [4.78, 5) is 12.8. The summed E-state index contributed by atoms with van der Waals surface area (Å²) in [5.41, 5.74) is 7.00. The van der Waals surface area contributed by atoms with Gasteiger partial charge in [0, 0.05) is 0 Å². The first kappa shape index (κ1) is 14.8.